The molecule has 126 valence electrons. The first-order valence-corrected chi connectivity index (χ1v) is 6.98. The number of nitro benzene ring substituents is 1. The number of benzene rings is 1. The first-order valence-electron chi connectivity index (χ1n) is 6.98. The van der Waals surface area contributed by atoms with Gasteiger partial charge < -0.3 is 10.2 Å². The van der Waals surface area contributed by atoms with Gasteiger partial charge >= 0.3 is 5.97 Å². The molecule has 0 unspecified atom stereocenters. The number of fused-ring (bicyclic) bond motifs is 1. The van der Waals surface area contributed by atoms with Crippen molar-refractivity contribution >= 4 is 28.8 Å². The number of aromatic carboxylic acids is 1. The number of aryl methyl sites for hydroxylation is 1. The summed E-state index contributed by atoms with van der Waals surface area (Å²) in [6.07, 6.45) is 1.48. The van der Waals surface area contributed by atoms with Crippen molar-refractivity contribution in [2.45, 2.75) is 6.92 Å². The highest BCUT2D eigenvalue weighted by Crippen LogP contribution is 2.30. The van der Waals surface area contributed by atoms with Gasteiger partial charge in [0.15, 0.2) is 22.9 Å². The van der Waals surface area contributed by atoms with E-state index < -0.39 is 16.6 Å². The van der Waals surface area contributed by atoms with Gasteiger partial charge in [-0.15, -0.1) is 10.2 Å². The number of aromatic nitrogens is 2. The van der Waals surface area contributed by atoms with Crippen molar-refractivity contribution in [2.75, 3.05) is 0 Å². The highest BCUT2D eigenvalue weighted by Gasteiger charge is 2.20. The molecule has 0 atom stereocenters. The van der Waals surface area contributed by atoms with Crippen molar-refractivity contribution in [3.05, 3.63) is 57.9 Å². The smallest absolute Gasteiger partial charge is 0.358 e. The molecule has 3 rings (SSSR count). The van der Waals surface area contributed by atoms with Gasteiger partial charge in [-0.1, -0.05) is 6.07 Å². The van der Waals surface area contributed by atoms with Crippen LogP contribution < -0.4 is 0 Å². The number of aromatic hydroxyl groups is 1. The number of azo groups is 1. The van der Waals surface area contributed by atoms with E-state index in [1.54, 1.807) is 6.92 Å². The molecule has 0 radical (unpaired) electrons. The van der Waals surface area contributed by atoms with Gasteiger partial charge in [-0.25, -0.2) is 9.78 Å². The van der Waals surface area contributed by atoms with Crippen molar-refractivity contribution in [1.82, 2.24) is 9.38 Å². The summed E-state index contributed by atoms with van der Waals surface area (Å²) in [6.45, 7) is 1.69. The number of rotatable bonds is 4. The Labute approximate surface area is 139 Å². The molecule has 10 nitrogen and oxygen atoms in total. The van der Waals surface area contributed by atoms with Crippen LogP contribution in [-0.4, -0.2) is 30.5 Å². The summed E-state index contributed by atoms with van der Waals surface area (Å²) >= 11 is 0. The zero-order valence-electron chi connectivity index (χ0n) is 12.8. The van der Waals surface area contributed by atoms with Gasteiger partial charge in [-0.3, -0.25) is 14.5 Å². The molecule has 0 saturated heterocycles. The molecule has 0 aliphatic heterocycles. The summed E-state index contributed by atoms with van der Waals surface area (Å²) < 4.78 is 1.27. The second kappa shape index (κ2) is 6.00. The largest absolute Gasteiger partial charge is 0.504 e. The van der Waals surface area contributed by atoms with Crippen LogP contribution in [0.15, 0.2) is 46.8 Å². The molecule has 2 heterocycles. The lowest BCUT2D eigenvalue weighted by molar-refractivity contribution is -0.384. The Morgan fingerprint density at radius 3 is 2.76 bits per heavy atom. The number of hydrogen-bond acceptors (Lipinski definition) is 7. The predicted molar refractivity (Wildman–Crippen MR) is 85.8 cm³/mol. The number of non-ortho nitro benzene ring substituents is 1. The molecule has 0 spiro atoms. The first-order chi connectivity index (χ1) is 11.9. The summed E-state index contributed by atoms with van der Waals surface area (Å²) in [5.74, 6) is -1.66. The van der Waals surface area contributed by atoms with E-state index in [4.69, 9.17) is 0 Å². The third kappa shape index (κ3) is 2.87. The molecule has 0 aliphatic carbocycles. The Bertz CT molecular complexity index is 1040. The lowest BCUT2D eigenvalue weighted by Gasteiger charge is -2.00. The van der Waals surface area contributed by atoms with Crippen LogP contribution in [0, 0.1) is 17.0 Å². The Morgan fingerprint density at radius 1 is 1.32 bits per heavy atom. The van der Waals surface area contributed by atoms with Gasteiger partial charge in [0.2, 0.25) is 0 Å². The topological polar surface area (TPSA) is 143 Å². The molecule has 25 heavy (non-hydrogen) atoms. The second-order valence-electron chi connectivity index (χ2n) is 5.10. The van der Waals surface area contributed by atoms with Crippen molar-refractivity contribution in [3.8, 4) is 5.75 Å². The van der Waals surface area contributed by atoms with E-state index in [1.165, 1.54) is 40.9 Å². The molecule has 10 heteroatoms. The summed E-state index contributed by atoms with van der Waals surface area (Å²) in [4.78, 5) is 25.5. The molecule has 2 aromatic heterocycles. The molecule has 0 aliphatic rings. The number of imidazole rings is 1. The van der Waals surface area contributed by atoms with Crippen LogP contribution in [0.25, 0.3) is 5.65 Å². The average molecular weight is 341 g/mol. The Morgan fingerprint density at radius 2 is 2.08 bits per heavy atom. The third-order valence-electron chi connectivity index (χ3n) is 3.46. The van der Waals surface area contributed by atoms with Crippen LogP contribution in [0.5, 0.6) is 5.75 Å². The minimum atomic E-state index is -1.34. The molecule has 0 bridgehead atoms. The van der Waals surface area contributed by atoms with E-state index in [0.29, 0.717) is 5.56 Å². The van der Waals surface area contributed by atoms with Crippen LogP contribution in [0.4, 0.5) is 17.2 Å². The number of pyridine rings is 1. The van der Waals surface area contributed by atoms with Crippen LogP contribution >= 0.6 is 0 Å². The van der Waals surface area contributed by atoms with Crippen LogP contribution in [0.1, 0.15) is 16.1 Å². The SMILES string of the molecule is Cc1ccc([N+](=O)[O-])cc1N=Nc1c(C(=O)O)nc2c(O)cccn12. The molecule has 3 aromatic rings. The van der Waals surface area contributed by atoms with E-state index in [1.807, 2.05) is 0 Å². The van der Waals surface area contributed by atoms with Crippen LogP contribution in [0.2, 0.25) is 0 Å². The Hall–Kier alpha value is -3.82. The highest BCUT2D eigenvalue weighted by atomic mass is 16.6. The van der Waals surface area contributed by atoms with Crippen molar-refractivity contribution < 1.29 is 19.9 Å². The fraction of sp³-hybridized carbons (Fsp3) is 0.0667. The standard InChI is InChI=1S/C15H11N5O5/c1-8-4-5-9(20(24)25)7-10(8)17-18-14-12(15(22)23)16-13-11(21)3-2-6-19(13)14/h2-7,21H,1H3,(H,22,23). The zero-order chi connectivity index (χ0) is 18.1. The number of hydrogen-bond donors (Lipinski definition) is 2. The molecule has 0 fully saturated rings. The van der Waals surface area contributed by atoms with Crippen LogP contribution in [0.3, 0.4) is 0 Å². The number of nitrogens with zero attached hydrogens (tertiary/aromatic N) is 5. The van der Waals surface area contributed by atoms with Gasteiger partial charge in [-0.05, 0) is 24.6 Å². The lowest BCUT2D eigenvalue weighted by atomic mass is 10.2. The number of carboxylic acids is 1. The van der Waals surface area contributed by atoms with Gasteiger partial charge in [0, 0.05) is 18.3 Å². The maximum Gasteiger partial charge on any atom is 0.358 e. The number of carbonyl (C=O) groups is 1. The fourth-order valence-corrected chi connectivity index (χ4v) is 2.20. The Balaban J connectivity index is 2.15. The van der Waals surface area contributed by atoms with Gasteiger partial charge in [0.05, 0.1) is 10.6 Å². The highest BCUT2D eigenvalue weighted by molar-refractivity contribution is 5.92. The van der Waals surface area contributed by atoms with Gasteiger partial charge in [0.25, 0.3) is 5.69 Å². The van der Waals surface area contributed by atoms with Crippen molar-refractivity contribution in [2.24, 2.45) is 10.2 Å². The quantitative estimate of drug-likeness (QED) is 0.423. The maximum absolute atomic E-state index is 11.4. The lowest BCUT2D eigenvalue weighted by Crippen LogP contribution is -1.96. The zero-order valence-corrected chi connectivity index (χ0v) is 12.8. The fourth-order valence-electron chi connectivity index (χ4n) is 2.20. The van der Waals surface area contributed by atoms with Crippen molar-refractivity contribution in [1.29, 1.82) is 0 Å². The van der Waals surface area contributed by atoms with Gasteiger partial charge in [0.1, 0.15) is 0 Å². The van der Waals surface area contributed by atoms with Crippen molar-refractivity contribution in [3.63, 3.8) is 0 Å². The first kappa shape index (κ1) is 16.1. The van der Waals surface area contributed by atoms with E-state index in [0.717, 1.165) is 0 Å². The third-order valence-corrected chi connectivity index (χ3v) is 3.46. The van der Waals surface area contributed by atoms with E-state index >= 15 is 0 Å². The molecule has 0 amide bonds. The molecule has 2 N–H and O–H groups in total. The summed E-state index contributed by atoms with van der Waals surface area (Å²) in [6, 6.07) is 6.95. The number of nitro groups is 1. The maximum atomic E-state index is 11.4. The van der Waals surface area contributed by atoms with Gasteiger partial charge in [-0.2, -0.15) is 0 Å². The average Bonchev–Trinajstić information content (AvgIpc) is 2.94. The summed E-state index contributed by atoms with van der Waals surface area (Å²) in [5, 5.41) is 37.8. The van der Waals surface area contributed by atoms with E-state index in [2.05, 4.69) is 15.2 Å². The normalized spacial score (nSPS) is 11.2. The van der Waals surface area contributed by atoms with E-state index in [9.17, 15) is 25.1 Å². The Kier molecular flexibility index (Phi) is 3.85. The molecular formula is C15H11N5O5. The summed E-state index contributed by atoms with van der Waals surface area (Å²) in [7, 11) is 0. The predicted octanol–water partition coefficient (Wildman–Crippen LogP) is 3.37. The van der Waals surface area contributed by atoms with Crippen LogP contribution in [-0.2, 0) is 0 Å². The molecular weight excluding hydrogens is 330 g/mol. The monoisotopic (exact) mass is 341 g/mol. The minimum absolute atomic E-state index is 0.0182. The molecule has 1 aromatic carbocycles. The minimum Gasteiger partial charge on any atom is -0.504 e. The second-order valence-corrected chi connectivity index (χ2v) is 5.10. The van der Waals surface area contributed by atoms with E-state index in [-0.39, 0.29) is 28.6 Å². The molecule has 0 saturated carbocycles. The number of carboxylic acid groups (broad SMARTS) is 1. The summed E-state index contributed by atoms with van der Waals surface area (Å²) in [5.41, 5.74) is 0.315.